The van der Waals surface area contributed by atoms with Crippen molar-refractivity contribution in [1.29, 1.82) is 0 Å². The van der Waals surface area contributed by atoms with E-state index in [-0.39, 0.29) is 21.4 Å². The van der Waals surface area contributed by atoms with Gasteiger partial charge in [0.2, 0.25) is 15.9 Å². The lowest BCUT2D eigenvalue weighted by Gasteiger charge is -2.20. The number of benzene rings is 1. The number of hydrazine groups is 1. The number of hydrogen-bond donors (Lipinski definition) is 3. The molecule has 0 saturated heterocycles. The molecule has 0 spiro atoms. The number of primary sulfonamides is 1. The standard InChI is InChI=1S/C16H20ClN3O4S/c17-13-4-3-11(7-14(13)25(18,23)24)16(22)20-19-15(21)8-12-6-9-1-2-10(12)5-9/h3-4,7,9-10,12H,1-2,5-6,8H2,(H,19,21)(H,20,22)(H2,18,23,24)/t9-,10+,12+/m0/s1. The van der Waals surface area contributed by atoms with Gasteiger partial charge in [-0.1, -0.05) is 18.0 Å². The fraction of sp³-hybridized carbons (Fsp3) is 0.500. The Morgan fingerprint density at radius 1 is 1.20 bits per heavy atom. The predicted molar refractivity (Wildman–Crippen MR) is 92.0 cm³/mol. The van der Waals surface area contributed by atoms with Crippen LogP contribution in [0.5, 0.6) is 0 Å². The average molecular weight is 386 g/mol. The van der Waals surface area contributed by atoms with E-state index in [0.29, 0.717) is 18.3 Å². The van der Waals surface area contributed by atoms with Gasteiger partial charge in [-0.15, -0.1) is 0 Å². The summed E-state index contributed by atoms with van der Waals surface area (Å²) in [6.07, 6.45) is 5.15. The van der Waals surface area contributed by atoms with Crippen LogP contribution in [0, 0.1) is 17.8 Å². The molecule has 2 aliphatic rings. The SMILES string of the molecule is NS(=O)(=O)c1cc(C(=O)NNC(=O)C[C@H]2C[C@H]3CC[C@@H]2C3)ccc1Cl. The van der Waals surface area contributed by atoms with E-state index in [9.17, 15) is 18.0 Å². The monoisotopic (exact) mass is 385 g/mol. The first-order valence-electron chi connectivity index (χ1n) is 8.15. The number of nitrogens with one attached hydrogen (secondary N) is 2. The maximum Gasteiger partial charge on any atom is 0.269 e. The molecule has 1 aromatic carbocycles. The van der Waals surface area contributed by atoms with Gasteiger partial charge in [0.05, 0.1) is 5.02 Å². The quantitative estimate of drug-likeness (QED) is 0.681. The zero-order chi connectivity index (χ0) is 18.2. The molecule has 2 bridgehead atoms. The van der Waals surface area contributed by atoms with E-state index >= 15 is 0 Å². The second-order valence-electron chi connectivity index (χ2n) is 6.83. The minimum atomic E-state index is -4.04. The lowest BCUT2D eigenvalue weighted by molar-refractivity contribution is -0.123. The number of amides is 2. The number of carbonyl (C=O) groups excluding carboxylic acids is 2. The predicted octanol–water partition coefficient (Wildman–Crippen LogP) is 1.57. The third-order valence-corrected chi connectivity index (χ3v) is 6.54. The first kappa shape index (κ1) is 18.2. The lowest BCUT2D eigenvalue weighted by Crippen LogP contribution is -2.42. The van der Waals surface area contributed by atoms with Crippen LogP contribution >= 0.6 is 11.6 Å². The Labute approximate surface area is 151 Å². The van der Waals surface area contributed by atoms with Gasteiger partial charge in [-0.25, -0.2) is 13.6 Å². The summed E-state index contributed by atoms with van der Waals surface area (Å²) in [5.74, 6) is 0.887. The summed E-state index contributed by atoms with van der Waals surface area (Å²) in [4.78, 5) is 23.8. The molecule has 2 fully saturated rings. The molecule has 0 heterocycles. The minimum absolute atomic E-state index is 0.0358. The van der Waals surface area contributed by atoms with Crippen molar-refractivity contribution in [3.05, 3.63) is 28.8 Å². The van der Waals surface area contributed by atoms with Crippen LogP contribution in [0.4, 0.5) is 0 Å². The largest absolute Gasteiger partial charge is 0.273 e. The van der Waals surface area contributed by atoms with Crippen LogP contribution in [0.25, 0.3) is 0 Å². The van der Waals surface area contributed by atoms with Crippen LogP contribution in [-0.4, -0.2) is 20.2 Å². The van der Waals surface area contributed by atoms with E-state index in [1.165, 1.54) is 31.4 Å². The van der Waals surface area contributed by atoms with Crippen molar-refractivity contribution in [2.24, 2.45) is 22.9 Å². The van der Waals surface area contributed by atoms with Gasteiger partial charge in [0, 0.05) is 12.0 Å². The van der Waals surface area contributed by atoms with Gasteiger partial charge >= 0.3 is 0 Å². The molecule has 7 nitrogen and oxygen atoms in total. The molecule has 0 aromatic heterocycles. The number of hydrogen-bond acceptors (Lipinski definition) is 4. The van der Waals surface area contributed by atoms with Crippen molar-refractivity contribution in [3.8, 4) is 0 Å². The summed E-state index contributed by atoms with van der Waals surface area (Å²) in [6.45, 7) is 0. The summed E-state index contributed by atoms with van der Waals surface area (Å²) < 4.78 is 22.9. The number of sulfonamides is 1. The minimum Gasteiger partial charge on any atom is -0.273 e. The highest BCUT2D eigenvalue weighted by molar-refractivity contribution is 7.89. The van der Waals surface area contributed by atoms with Gasteiger partial charge in [0.25, 0.3) is 5.91 Å². The van der Waals surface area contributed by atoms with Crippen molar-refractivity contribution in [2.75, 3.05) is 0 Å². The third-order valence-electron chi connectivity index (χ3n) is 5.15. The highest BCUT2D eigenvalue weighted by atomic mass is 35.5. The van der Waals surface area contributed by atoms with Crippen LogP contribution in [0.2, 0.25) is 5.02 Å². The van der Waals surface area contributed by atoms with Crippen molar-refractivity contribution < 1.29 is 18.0 Å². The molecule has 1 aromatic rings. The van der Waals surface area contributed by atoms with Gasteiger partial charge in [-0.05, 0) is 55.2 Å². The Hall–Kier alpha value is -1.64. The molecule has 3 atom stereocenters. The van der Waals surface area contributed by atoms with Crippen molar-refractivity contribution in [3.63, 3.8) is 0 Å². The van der Waals surface area contributed by atoms with Gasteiger partial charge in [-0.3, -0.25) is 20.4 Å². The van der Waals surface area contributed by atoms with Crippen LogP contribution in [0.1, 0.15) is 42.5 Å². The van der Waals surface area contributed by atoms with Crippen LogP contribution in [0.3, 0.4) is 0 Å². The van der Waals surface area contributed by atoms with Crippen molar-refractivity contribution >= 4 is 33.4 Å². The van der Waals surface area contributed by atoms with E-state index in [0.717, 1.165) is 18.4 Å². The number of halogens is 1. The fourth-order valence-electron chi connectivity index (χ4n) is 3.98. The number of fused-ring (bicyclic) bond motifs is 2. The van der Waals surface area contributed by atoms with E-state index in [4.69, 9.17) is 16.7 Å². The van der Waals surface area contributed by atoms with Crippen molar-refractivity contribution in [1.82, 2.24) is 10.9 Å². The zero-order valence-corrected chi connectivity index (χ0v) is 15.1. The molecule has 2 aliphatic carbocycles. The first-order chi connectivity index (χ1) is 11.7. The zero-order valence-electron chi connectivity index (χ0n) is 13.5. The van der Waals surface area contributed by atoms with Crippen LogP contribution in [0.15, 0.2) is 23.1 Å². The molecule has 0 radical (unpaired) electrons. The maximum absolute atomic E-state index is 12.1. The summed E-state index contributed by atoms with van der Waals surface area (Å²) in [6, 6.07) is 3.71. The summed E-state index contributed by atoms with van der Waals surface area (Å²) >= 11 is 5.78. The maximum atomic E-state index is 12.1. The molecule has 3 rings (SSSR count). The second-order valence-corrected chi connectivity index (χ2v) is 8.77. The lowest BCUT2D eigenvalue weighted by atomic mass is 9.86. The number of rotatable bonds is 4. The smallest absolute Gasteiger partial charge is 0.269 e. The molecule has 0 unspecified atom stereocenters. The molecular formula is C16H20ClN3O4S. The normalized spacial score (nSPS) is 25.0. The third kappa shape index (κ3) is 4.13. The molecule has 25 heavy (non-hydrogen) atoms. The molecule has 2 saturated carbocycles. The molecular weight excluding hydrogens is 366 g/mol. The van der Waals surface area contributed by atoms with Gasteiger partial charge in [-0.2, -0.15) is 0 Å². The summed E-state index contributed by atoms with van der Waals surface area (Å²) in [7, 11) is -4.04. The highest BCUT2D eigenvalue weighted by Crippen LogP contribution is 2.49. The van der Waals surface area contributed by atoms with Gasteiger partial charge in [0.15, 0.2) is 0 Å². The fourth-order valence-corrected chi connectivity index (χ4v) is 5.05. The Kier molecular flexibility index (Phi) is 5.04. The highest BCUT2D eigenvalue weighted by Gasteiger charge is 2.40. The first-order valence-corrected chi connectivity index (χ1v) is 10.1. The Balaban J connectivity index is 1.56. The van der Waals surface area contributed by atoms with E-state index in [2.05, 4.69) is 10.9 Å². The molecule has 0 aliphatic heterocycles. The molecule has 2 amide bonds. The Bertz CT molecular complexity index is 812. The topological polar surface area (TPSA) is 118 Å². The molecule has 4 N–H and O–H groups in total. The molecule has 9 heteroatoms. The number of carbonyl (C=O) groups is 2. The van der Waals surface area contributed by atoms with Gasteiger partial charge in [0.1, 0.15) is 4.90 Å². The van der Waals surface area contributed by atoms with E-state index in [1.54, 1.807) is 0 Å². The van der Waals surface area contributed by atoms with Gasteiger partial charge < -0.3 is 0 Å². The van der Waals surface area contributed by atoms with Crippen LogP contribution in [-0.2, 0) is 14.8 Å². The van der Waals surface area contributed by atoms with Crippen molar-refractivity contribution in [2.45, 2.75) is 37.0 Å². The van der Waals surface area contributed by atoms with E-state index < -0.39 is 15.9 Å². The van der Waals surface area contributed by atoms with E-state index in [1.807, 2.05) is 0 Å². The summed E-state index contributed by atoms with van der Waals surface area (Å²) in [5, 5.41) is 4.99. The molecule has 136 valence electrons. The average Bonchev–Trinajstić information content (AvgIpc) is 3.14. The number of nitrogens with two attached hydrogens (primary N) is 1. The second kappa shape index (κ2) is 6.93. The van der Waals surface area contributed by atoms with Crippen LogP contribution < -0.4 is 16.0 Å². The Morgan fingerprint density at radius 3 is 2.56 bits per heavy atom. The summed E-state index contributed by atoms with van der Waals surface area (Å²) in [5.41, 5.74) is 4.72. The Morgan fingerprint density at radius 2 is 1.96 bits per heavy atom.